The van der Waals surface area contributed by atoms with Crippen molar-refractivity contribution in [2.24, 2.45) is 0 Å². The highest BCUT2D eigenvalue weighted by Gasteiger charge is 2.48. The molecule has 8 aromatic carbocycles. The summed E-state index contributed by atoms with van der Waals surface area (Å²) in [5.41, 5.74) is 11.9. The van der Waals surface area contributed by atoms with Crippen LogP contribution in [0.2, 0.25) is 0 Å². The van der Waals surface area contributed by atoms with Gasteiger partial charge in [-0.15, -0.1) is 0 Å². The van der Waals surface area contributed by atoms with Gasteiger partial charge in [-0.25, -0.2) is 9.97 Å². The first kappa shape index (κ1) is 37.7. The molecule has 0 spiro atoms. The normalized spacial score (nSPS) is 16.5. The zero-order valence-electron chi connectivity index (χ0n) is 35.1. The minimum atomic E-state index is -0.677. The van der Waals surface area contributed by atoms with Gasteiger partial charge in [-0.1, -0.05) is 200 Å². The van der Waals surface area contributed by atoms with Crippen LogP contribution in [-0.4, -0.2) is 9.97 Å². The van der Waals surface area contributed by atoms with Crippen molar-refractivity contribution in [3.8, 4) is 56.9 Å². The monoisotopic (exact) mass is 822 g/mol. The van der Waals surface area contributed by atoms with Gasteiger partial charge < -0.3 is 9.47 Å². The second-order valence-electron chi connectivity index (χ2n) is 16.6. The van der Waals surface area contributed by atoms with Gasteiger partial charge in [0.25, 0.3) is 0 Å². The highest BCUT2D eigenvalue weighted by Crippen LogP contribution is 2.60. The smallest absolute Gasteiger partial charge is 0.160 e. The third-order valence-electron chi connectivity index (χ3n) is 13.2. The number of nitrogens with zero attached hydrogens (tertiary/aromatic N) is 2. The Morgan fingerprint density at radius 1 is 0.391 bits per heavy atom. The molecule has 0 saturated heterocycles. The van der Waals surface area contributed by atoms with E-state index in [1.165, 1.54) is 11.1 Å². The number of ether oxygens (including phenoxy) is 2. The maximum Gasteiger partial charge on any atom is 0.160 e. The fraction of sp³-hybridized carbons (Fsp3) is 0.0667. The maximum absolute atomic E-state index is 7.14. The van der Waals surface area contributed by atoms with Crippen LogP contribution in [0, 0.1) is 0 Å². The van der Waals surface area contributed by atoms with Crippen LogP contribution in [0.4, 0.5) is 0 Å². The van der Waals surface area contributed by atoms with E-state index < -0.39 is 10.8 Å². The molecule has 1 unspecified atom stereocenters. The first-order chi connectivity index (χ1) is 31.7. The first-order valence-corrected chi connectivity index (χ1v) is 22.1. The van der Waals surface area contributed by atoms with Crippen molar-refractivity contribution >= 4 is 0 Å². The van der Waals surface area contributed by atoms with E-state index in [0.717, 1.165) is 97.3 Å². The summed E-state index contributed by atoms with van der Waals surface area (Å²) in [7, 11) is 0. The van der Waals surface area contributed by atoms with Gasteiger partial charge in [-0.2, -0.15) is 0 Å². The van der Waals surface area contributed by atoms with Crippen molar-refractivity contribution in [1.82, 2.24) is 9.97 Å². The number of hydrogen-bond acceptors (Lipinski definition) is 4. The van der Waals surface area contributed by atoms with Crippen LogP contribution >= 0.6 is 0 Å². The molecule has 1 atom stereocenters. The van der Waals surface area contributed by atoms with E-state index in [1.54, 1.807) is 0 Å². The molecular weight excluding hydrogens is 781 g/mol. The Morgan fingerprint density at radius 3 is 1.34 bits per heavy atom. The summed E-state index contributed by atoms with van der Waals surface area (Å²) in [6.45, 7) is 0. The van der Waals surface area contributed by atoms with Crippen molar-refractivity contribution in [2.45, 2.75) is 23.7 Å². The van der Waals surface area contributed by atoms with Crippen molar-refractivity contribution in [1.29, 1.82) is 0 Å². The van der Waals surface area contributed by atoms with Gasteiger partial charge in [-0.05, 0) is 65.4 Å². The van der Waals surface area contributed by atoms with E-state index in [9.17, 15) is 0 Å². The average Bonchev–Trinajstić information content (AvgIpc) is 3.38. The van der Waals surface area contributed by atoms with Gasteiger partial charge in [0.1, 0.15) is 23.0 Å². The van der Waals surface area contributed by atoms with E-state index in [-0.39, 0.29) is 0 Å². The molecule has 12 rings (SSSR count). The predicted molar refractivity (Wildman–Crippen MR) is 256 cm³/mol. The third kappa shape index (κ3) is 5.76. The van der Waals surface area contributed by atoms with Crippen LogP contribution in [-0.2, 0) is 10.8 Å². The summed E-state index contributed by atoms with van der Waals surface area (Å²) in [4.78, 5) is 10.8. The van der Waals surface area contributed by atoms with Crippen molar-refractivity contribution in [3.05, 3.63) is 275 Å². The molecule has 4 heteroatoms. The van der Waals surface area contributed by atoms with Crippen LogP contribution in [0.25, 0.3) is 33.9 Å². The molecule has 304 valence electrons. The van der Waals surface area contributed by atoms with Gasteiger partial charge in [0.15, 0.2) is 5.82 Å². The minimum Gasteiger partial charge on any atom is -0.456 e. The van der Waals surface area contributed by atoms with Gasteiger partial charge in [0, 0.05) is 38.9 Å². The van der Waals surface area contributed by atoms with Gasteiger partial charge in [0.2, 0.25) is 0 Å². The average molecular weight is 823 g/mol. The van der Waals surface area contributed by atoms with Crippen LogP contribution in [0.1, 0.15) is 51.8 Å². The topological polar surface area (TPSA) is 44.2 Å². The minimum absolute atomic E-state index is 0.611. The molecule has 3 heterocycles. The molecule has 3 aliphatic rings. The maximum atomic E-state index is 7.14. The van der Waals surface area contributed by atoms with E-state index in [4.69, 9.17) is 19.4 Å². The summed E-state index contributed by atoms with van der Waals surface area (Å²) >= 11 is 0. The van der Waals surface area contributed by atoms with Crippen molar-refractivity contribution < 1.29 is 9.47 Å². The predicted octanol–water partition coefficient (Wildman–Crippen LogP) is 14.7. The van der Waals surface area contributed by atoms with Crippen LogP contribution < -0.4 is 9.47 Å². The molecule has 0 radical (unpaired) electrons. The molecule has 0 fully saturated rings. The number of aromatic nitrogens is 2. The van der Waals surface area contributed by atoms with Crippen molar-refractivity contribution in [2.75, 3.05) is 0 Å². The Hall–Kier alpha value is -8.08. The quantitative estimate of drug-likeness (QED) is 0.161. The van der Waals surface area contributed by atoms with E-state index >= 15 is 0 Å². The fourth-order valence-electron chi connectivity index (χ4n) is 10.5. The molecule has 1 aromatic heterocycles. The zero-order chi connectivity index (χ0) is 42.5. The Bertz CT molecular complexity index is 3230. The van der Waals surface area contributed by atoms with Crippen LogP contribution in [0.5, 0.6) is 23.0 Å². The molecule has 64 heavy (non-hydrogen) atoms. The number of fused-ring (bicyclic) bond motifs is 4. The van der Waals surface area contributed by atoms with Crippen LogP contribution in [0.15, 0.2) is 236 Å². The molecule has 0 N–H and O–H groups in total. The van der Waals surface area contributed by atoms with Gasteiger partial charge in [0.05, 0.1) is 22.2 Å². The van der Waals surface area contributed by atoms with Gasteiger partial charge >= 0.3 is 0 Å². The second-order valence-corrected chi connectivity index (χ2v) is 16.6. The molecule has 4 nitrogen and oxygen atoms in total. The Balaban J connectivity index is 1.13. The molecule has 9 aromatic rings. The number of para-hydroxylation sites is 4. The summed E-state index contributed by atoms with van der Waals surface area (Å²) < 4.78 is 14.3. The summed E-state index contributed by atoms with van der Waals surface area (Å²) in [5.74, 6) is 3.78. The standard InChI is InChI=1S/C60H42N2O2/c1-6-22-41(23-7-1)58-61-52(46-32-20-36-50-56(46)63-54-38-18-16-34-48(54)59(50,42-24-8-2-9-25-42)43-26-10-3-11-27-43)40-53(62-58)47-33-21-37-51-57(47)64-55-39-19-17-35-49(55)60(51,44-28-12-4-13-29-44)45-30-14-5-15-31-45/h1-4,6-14,16-40H,5,15H2. The first-order valence-electron chi connectivity index (χ1n) is 22.1. The lowest BCUT2D eigenvalue weighted by Gasteiger charge is -2.43. The number of rotatable bonds is 7. The highest BCUT2D eigenvalue weighted by atomic mass is 16.5. The lowest BCUT2D eigenvalue weighted by atomic mass is 9.62. The molecular formula is C60H42N2O2. The number of hydrogen-bond donors (Lipinski definition) is 0. The highest BCUT2D eigenvalue weighted by molar-refractivity contribution is 5.84. The Labute approximate surface area is 373 Å². The largest absolute Gasteiger partial charge is 0.456 e. The van der Waals surface area contributed by atoms with E-state index in [1.807, 2.05) is 18.2 Å². The summed E-state index contributed by atoms with van der Waals surface area (Å²) in [5, 5.41) is 0. The number of allylic oxidation sites excluding steroid dienone is 4. The van der Waals surface area contributed by atoms with Crippen LogP contribution in [0.3, 0.4) is 0 Å². The molecule has 1 aliphatic carbocycles. The molecule has 0 amide bonds. The zero-order valence-corrected chi connectivity index (χ0v) is 35.1. The van der Waals surface area contributed by atoms with E-state index in [2.05, 4.69) is 212 Å². The lowest BCUT2D eigenvalue weighted by molar-refractivity contribution is 0.435. The summed E-state index contributed by atoms with van der Waals surface area (Å²) in [6, 6.07) is 74.7. The number of benzene rings is 8. The molecule has 0 saturated carbocycles. The summed E-state index contributed by atoms with van der Waals surface area (Å²) in [6.07, 6.45) is 9.01. The van der Waals surface area contributed by atoms with E-state index in [0.29, 0.717) is 5.82 Å². The Kier molecular flexibility index (Phi) is 9.05. The third-order valence-corrected chi connectivity index (χ3v) is 13.2. The lowest BCUT2D eigenvalue weighted by Crippen LogP contribution is -2.35. The second kappa shape index (κ2) is 15.4. The molecule has 0 bridgehead atoms. The fourth-order valence-corrected chi connectivity index (χ4v) is 10.5. The SMILES string of the molecule is C1=CC(C2(c3ccccc3)c3ccccc3Oc3c(-c4cc(-c5cccc6c5Oc5ccccc5C6(c5ccccc5)c5ccccc5)nc(-c5ccccc5)n4)cccc32)=CCC1. The van der Waals surface area contributed by atoms with Gasteiger partial charge in [-0.3, -0.25) is 0 Å². The Morgan fingerprint density at radius 2 is 0.828 bits per heavy atom. The molecule has 2 aliphatic heterocycles. The van der Waals surface area contributed by atoms with Crippen molar-refractivity contribution in [3.63, 3.8) is 0 Å².